The maximum absolute atomic E-state index is 13.2. The van der Waals surface area contributed by atoms with Crippen LogP contribution in [0.1, 0.15) is 48.5 Å². The van der Waals surface area contributed by atoms with E-state index in [-0.39, 0.29) is 5.91 Å². The Bertz CT molecular complexity index is 1070. The molecule has 0 bridgehead atoms. The van der Waals surface area contributed by atoms with E-state index in [9.17, 15) is 4.79 Å². The molecular formula is C26H32N2O3. The Hall–Kier alpha value is -2.95. The lowest BCUT2D eigenvalue weighted by molar-refractivity contribution is 0.0790. The van der Waals surface area contributed by atoms with Crippen molar-refractivity contribution in [1.82, 2.24) is 9.47 Å². The van der Waals surface area contributed by atoms with Crippen molar-refractivity contribution in [3.05, 3.63) is 59.8 Å². The number of rotatable bonds is 7. The minimum Gasteiger partial charge on any atom is -0.493 e. The van der Waals surface area contributed by atoms with Gasteiger partial charge in [0.05, 0.1) is 14.2 Å². The van der Waals surface area contributed by atoms with E-state index in [1.54, 1.807) is 26.4 Å². The van der Waals surface area contributed by atoms with Gasteiger partial charge in [-0.15, -0.1) is 0 Å². The van der Waals surface area contributed by atoms with E-state index in [1.807, 2.05) is 11.0 Å². The fourth-order valence-corrected chi connectivity index (χ4v) is 4.53. The first-order chi connectivity index (χ1) is 15.0. The third-order valence-electron chi connectivity index (χ3n) is 6.31. The summed E-state index contributed by atoms with van der Waals surface area (Å²) < 4.78 is 13.1. The van der Waals surface area contributed by atoms with Crippen LogP contribution in [0, 0.1) is 5.92 Å². The van der Waals surface area contributed by atoms with Crippen LogP contribution in [-0.2, 0) is 6.54 Å². The van der Waals surface area contributed by atoms with Gasteiger partial charge in [0, 0.05) is 48.2 Å². The Labute approximate surface area is 184 Å². The van der Waals surface area contributed by atoms with Crippen molar-refractivity contribution < 1.29 is 14.3 Å². The Balaban J connectivity index is 1.55. The largest absolute Gasteiger partial charge is 0.493 e. The summed E-state index contributed by atoms with van der Waals surface area (Å²) in [7, 11) is 3.19. The Morgan fingerprint density at radius 1 is 1.10 bits per heavy atom. The lowest BCUT2D eigenvalue weighted by atomic mass is 9.98. The maximum Gasteiger partial charge on any atom is 0.254 e. The summed E-state index contributed by atoms with van der Waals surface area (Å²) in [5, 5.41) is 1.32. The molecule has 164 valence electrons. The molecule has 1 aliphatic heterocycles. The Morgan fingerprint density at radius 2 is 1.87 bits per heavy atom. The summed E-state index contributed by atoms with van der Waals surface area (Å²) in [4.78, 5) is 15.1. The summed E-state index contributed by atoms with van der Waals surface area (Å²) in [5.41, 5.74) is 3.29. The van der Waals surface area contributed by atoms with E-state index in [0.29, 0.717) is 28.9 Å². The van der Waals surface area contributed by atoms with Crippen molar-refractivity contribution in [3.63, 3.8) is 0 Å². The number of carbonyl (C=O) groups is 1. The standard InChI is InChI=1S/C26H32N2O3/c1-18(2)11-13-27-17-22(21-7-5-6-8-23(21)27)20-12-14-28(16-20)26(29)19-9-10-24(30-3)25(15-19)31-4/h5-10,15,17-18,20H,11-14,16H2,1-4H3. The van der Waals surface area contributed by atoms with Gasteiger partial charge in [-0.05, 0) is 48.6 Å². The van der Waals surface area contributed by atoms with Crippen LogP contribution in [0.25, 0.3) is 10.9 Å². The zero-order valence-corrected chi connectivity index (χ0v) is 18.9. The summed E-state index contributed by atoms with van der Waals surface area (Å²) in [6.45, 7) is 7.07. The SMILES string of the molecule is COc1ccc(C(=O)N2CCC(c3cn(CCC(C)C)c4ccccc34)C2)cc1OC. The van der Waals surface area contributed by atoms with Gasteiger partial charge in [-0.1, -0.05) is 32.0 Å². The van der Waals surface area contributed by atoms with E-state index in [1.165, 1.54) is 16.5 Å². The highest BCUT2D eigenvalue weighted by Gasteiger charge is 2.30. The van der Waals surface area contributed by atoms with Gasteiger partial charge >= 0.3 is 0 Å². The first-order valence-corrected chi connectivity index (χ1v) is 11.1. The molecule has 1 aromatic heterocycles. The number of nitrogens with zero attached hydrogens (tertiary/aromatic N) is 2. The van der Waals surface area contributed by atoms with Gasteiger partial charge in [0.1, 0.15) is 0 Å². The Kier molecular flexibility index (Phi) is 6.21. The number of benzene rings is 2. The van der Waals surface area contributed by atoms with Crippen LogP contribution in [0.15, 0.2) is 48.7 Å². The number of para-hydroxylation sites is 1. The Morgan fingerprint density at radius 3 is 2.61 bits per heavy atom. The molecule has 4 rings (SSSR count). The normalized spacial score (nSPS) is 16.3. The molecule has 1 saturated heterocycles. The van der Waals surface area contributed by atoms with Gasteiger partial charge in [-0.2, -0.15) is 0 Å². The monoisotopic (exact) mass is 420 g/mol. The van der Waals surface area contributed by atoms with Gasteiger partial charge in [-0.25, -0.2) is 0 Å². The number of amides is 1. The molecular weight excluding hydrogens is 388 g/mol. The zero-order chi connectivity index (χ0) is 22.0. The molecule has 1 fully saturated rings. The van der Waals surface area contributed by atoms with Crippen molar-refractivity contribution in [2.24, 2.45) is 5.92 Å². The number of aromatic nitrogens is 1. The van der Waals surface area contributed by atoms with Crippen molar-refractivity contribution in [1.29, 1.82) is 0 Å². The molecule has 5 nitrogen and oxygen atoms in total. The highest BCUT2D eigenvalue weighted by atomic mass is 16.5. The zero-order valence-electron chi connectivity index (χ0n) is 18.9. The lowest BCUT2D eigenvalue weighted by Gasteiger charge is -2.17. The predicted molar refractivity (Wildman–Crippen MR) is 124 cm³/mol. The molecule has 1 unspecified atom stereocenters. The minimum absolute atomic E-state index is 0.0481. The van der Waals surface area contributed by atoms with Gasteiger partial charge in [-0.3, -0.25) is 4.79 Å². The van der Waals surface area contributed by atoms with Crippen LogP contribution in [0.3, 0.4) is 0 Å². The molecule has 0 aliphatic carbocycles. The van der Waals surface area contributed by atoms with Crippen molar-refractivity contribution >= 4 is 16.8 Å². The maximum atomic E-state index is 13.2. The van der Waals surface area contributed by atoms with Gasteiger partial charge in [0.25, 0.3) is 5.91 Å². The second kappa shape index (κ2) is 9.04. The van der Waals surface area contributed by atoms with Crippen LogP contribution in [0.4, 0.5) is 0 Å². The lowest BCUT2D eigenvalue weighted by Crippen LogP contribution is -2.28. The number of aryl methyl sites for hydroxylation is 1. The molecule has 31 heavy (non-hydrogen) atoms. The summed E-state index contributed by atoms with van der Waals surface area (Å²) >= 11 is 0. The fourth-order valence-electron chi connectivity index (χ4n) is 4.53. The number of fused-ring (bicyclic) bond motifs is 1. The van der Waals surface area contributed by atoms with Crippen LogP contribution < -0.4 is 9.47 Å². The van der Waals surface area contributed by atoms with Gasteiger partial charge < -0.3 is 18.9 Å². The molecule has 0 radical (unpaired) electrons. The first-order valence-electron chi connectivity index (χ1n) is 11.1. The summed E-state index contributed by atoms with van der Waals surface area (Å²) in [5.74, 6) is 2.29. The second-order valence-corrected chi connectivity index (χ2v) is 8.78. The topological polar surface area (TPSA) is 43.7 Å². The van der Waals surface area contributed by atoms with Crippen LogP contribution in [0.2, 0.25) is 0 Å². The molecule has 0 spiro atoms. The second-order valence-electron chi connectivity index (χ2n) is 8.78. The summed E-state index contributed by atoms with van der Waals surface area (Å²) in [6.07, 6.45) is 4.46. The molecule has 1 aliphatic rings. The fraction of sp³-hybridized carbons (Fsp3) is 0.423. The van der Waals surface area contributed by atoms with Crippen molar-refractivity contribution in [2.75, 3.05) is 27.3 Å². The quantitative estimate of drug-likeness (QED) is 0.519. The van der Waals surface area contributed by atoms with Crippen LogP contribution in [-0.4, -0.2) is 42.7 Å². The number of methoxy groups -OCH3 is 2. The molecule has 2 aromatic carbocycles. The number of ether oxygens (including phenoxy) is 2. The van der Waals surface area contributed by atoms with E-state index in [0.717, 1.165) is 32.5 Å². The van der Waals surface area contributed by atoms with E-state index in [2.05, 4.69) is 48.9 Å². The number of hydrogen-bond acceptors (Lipinski definition) is 3. The van der Waals surface area contributed by atoms with E-state index < -0.39 is 0 Å². The average molecular weight is 421 g/mol. The molecule has 5 heteroatoms. The number of likely N-dealkylation sites (tertiary alicyclic amines) is 1. The molecule has 0 saturated carbocycles. The van der Waals surface area contributed by atoms with Gasteiger partial charge in [0.15, 0.2) is 11.5 Å². The minimum atomic E-state index is 0.0481. The van der Waals surface area contributed by atoms with Crippen LogP contribution >= 0.6 is 0 Å². The first kappa shape index (κ1) is 21.3. The predicted octanol–water partition coefficient (Wildman–Crippen LogP) is 5.33. The van der Waals surface area contributed by atoms with Crippen molar-refractivity contribution in [2.45, 2.75) is 39.2 Å². The van der Waals surface area contributed by atoms with E-state index in [4.69, 9.17) is 9.47 Å². The third-order valence-corrected chi connectivity index (χ3v) is 6.31. The highest BCUT2D eigenvalue weighted by molar-refractivity contribution is 5.95. The summed E-state index contributed by atoms with van der Waals surface area (Å²) in [6, 6.07) is 14.0. The highest BCUT2D eigenvalue weighted by Crippen LogP contribution is 2.35. The third kappa shape index (κ3) is 4.27. The van der Waals surface area contributed by atoms with Crippen LogP contribution in [0.5, 0.6) is 11.5 Å². The molecule has 0 N–H and O–H groups in total. The molecule has 2 heterocycles. The number of carbonyl (C=O) groups excluding carboxylic acids is 1. The van der Waals surface area contributed by atoms with E-state index >= 15 is 0 Å². The van der Waals surface area contributed by atoms with Crippen molar-refractivity contribution in [3.8, 4) is 11.5 Å². The smallest absolute Gasteiger partial charge is 0.254 e. The average Bonchev–Trinajstić information content (AvgIpc) is 3.41. The number of hydrogen-bond donors (Lipinski definition) is 0. The molecule has 1 atom stereocenters. The molecule has 3 aromatic rings. The molecule has 1 amide bonds. The van der Waals surface area contributed by atoms with Gasteiger partial charge in [0.2, 0.25) is 0 Å².